The van der Waals surface area contributed by atoms with Gasteiger partial charge in [-0.2, -0.15) is 0 Å². The molecule has 168 valence electrons. The van der Waals surface area contributed by atoms with Crippen molar-refractivity contribution in [2.24, 2.45) is 0 Å². The molecule has 1 fully saturated rings. The third-order valence-electron chi connectivity index (χ3n) is 3.18. The topological polar surface area (TPSA) is 64.6 Å². The van der Waals surface area contributed by atoms with Crippen LogP contribution in [0.2, 0.25) is 91.5 Å². The summed E-state index contributed by atoms with van der Waals surface area (Å²) in [7, 11) is -24.1. The Bertz CT molecular complexity index is 751. The van der Waals surface area contributed by atoms with E-state index in [1.54, 1.807) is 39.3 Å². The van der Waals surface area contributed by atoms with Crippen molar-refractivity contribution in [2.45, 2.75) is 91.5 Å². The Morgan fingerprint density at radius 3 is 0.821 bits per heavy atom. The van der Waals surface area contributed by atoms with E-state index < -0.39 is 79.4 Å². The van der Waals surface area contributed by atoms with Crippen molar-refractivity contribution < 1.29 is 38.4 Å². The van der Waals surface area contributed by atoms with Gasteiger partial charge in [0, 0.05) is 9.60 Å². The first-order valence-electron chi connectivity index (χ1n) is 12.9. The molecular formula is C14H42O7Si7. The van der Waals surface area contributed by atoms with E-state index in [1.807, 2.05) is 26.2 Å². The third kappa shape index (κ3) is 10.0. The Morgan fingerprint density at radius 2 is 0.571 bits per heavy atom. The van der Waals surface area contributed by atoms with E-state index in [4.69, 9.17) is 38.4 Å². The molecule has 0 aromatic carbocycles. The Morgan fingerprint density at radius 1 is 0.357 bits per heavy atom. The van der Waals surface area contributed by atoms with Gasteiger partial charge in [-0.15, -0.1) is 0 Å². The molecular weight excluding hydrogens is 477 g/mol. The lowest BCUT2D eigenvalue weighted by Gasteiger charge is -2.46. The fraction of sp³-hybridized carbons (Fsp3) is 1.00. The zero-order chi connectivity index (χ0) is 28.2. The van der Waals surface area contributed by atoms with E-state index in [1.165, 1.54) is 6.55 Å². The second-order valence-corrected chi connectivity index (χ2v) is 32.7. The van der Waals surface area contributed by atoms with Gasteiger partial charge in [-0.3, -0.25) is 0 Å². The summed E-state index contributed by atoms with van der Waals surface area (Å²) in [6.07, 6.45) is 0. The Balaban J connectivity index is 3.86. The summed E-state index contributed by atoms with van der Waals surface area (Å²) in [5.41, 5.74) is 0. The number of hydrogen-bond donors (Lipinski definition) is 0. The van der Waals surface area contributed by atoms with Crippen LogP contribution in [0.15, 0.2) is 0 Å². The molecule has 1 aliphatic rings. The van der Waals surface area contributed by atoms with E-state index >= 15 is 0 Å². The molecule has 0 aromatic rings. The molecule has 1 rings (SSSR count). The van der Waals surface area contributed by atoms with Crippen molar-refractivity contribution in [1.29, 1.82) is 0 Å². The van der Waals surface area contributed by atoms with Crippen LogP contribution < -0.4 is 0 Å². The molecule has 14 heteroatoms. The van der Waals surface area contributed by atoms with Crippen LogP contribution in [0.1, 0.15) is 9.60 Å². The first-order valence-corrected chi connectivity index (χ1v) is 27.6. The quantitative estimate of drug-likeness (QED) is 0.411. The molecule has 28 heavy (non-hydrogen) atoms. The van der Waals surface area contributed by atoms with Crippen molar-refractivity contribution in [3.8, 4) is 0 Å². The molecule has 0 spiro atoms. The van der Waals surface area contributed by atoms with E-state index in [0.29, 0.717) is 0 Å². The normalized spacial score (nSPS) is 39.5. The maximum Gasteiger partial charge on any atom is 0.314 e. The fourth-order valence-corrected chi connectivity index (χ4v) is 35.8. The molecule has 1 heterocycles. The van der Waals surface area contributed by atoms with Crippen molar-refractivity contribution >= 4 is 59.9 Å². The van der Waals surface area contributed by atoms with Crippen LogP contribution in [-0.2, 0) is 28.8 Å². The monoisotopic (exact) mass is 525 g/mol. The Labute approximate surface area is 190 Å². The van der Waals surface area contributed by atoms with Crippen LogP contribution in [0.5, 0.6) is 0 Å². The minimum atomic E-state index is -5.10. The van der Waals surface area contributed by atoms with Gasteiger partial charge in [0.1, 0.15) is 0 Å². The summed E-state index contributed by atoms with van der Waals surface area (Å²) >= 11 is 0. The van der Waals surface area contributed by atoms with Gasteiger partial charge in [-0.05, 0) is 91.5 Å². The van der Waals surface area contributed by atoms with Gasteiger partial charge in [0.15, 0.2) is 0 Å². The van der Waals surface area contributed by atoms with E-state index in [-0.39, 0.29) is 0 Å². The highest BCUT2D eigenvalue weighted by Crippen LogP contribution is 2.31. The first kappa shape index (κ1) is 17.8. The van der Waals surface area contributed by atoms with Crippen LogP contribution >= 0.6 is 0 Å². The van der Waals surface area contributed by atoms with Crippen molar-refractivity contribution in [1.82, 2.24) is 0 Å². The Kier molecular flexibility index (Phi) is 5.26. The van der Waals surface area contributed by atoms with Crippen molar-refractivity contribution in [2.75, 3.05) is 0 Å². The first-order chi connectivity index (χ1) is 15.0. The van der Waals surface area contributed by atoms with Gasteiger partial charge in [0.25, 0.3) is 0 Å². The van der Waals surface area contributed by atoms with Crippen LogP contribution in [0, 0.1) is 0 Å². The standard InChI is InChI=1S/C14H42O7Si7/c1-22(2)15-23(3,4)17-25(7,8)19-27(11,12)21-28(13,14)20-26(9,10)18-24(5,6)16-22/h1-14H3/i1D,3D3,4D3. The van der Waals surface area contributed by atoms with Crippen LogP contribution in [0.25, 0.3) is 0 Å². The summed E-state index contributed by atoms with van der Waals surface area (Å²) in [6, 6.07) is 0. The largest absolute Gasteiger partial charge is 0.416 e. The minimum absolute atomic E-state index is 0.438. The molecule has 1 aliphatic heterocycles. The lowest BCUT2D eigenvalue weighted by Crippen LogP contribution is -2.64. The molecule has 0 radical (unpaired) electrons. The summed E-state index contributed by atoms with van der Waals surface area (Å²) < 4.78 is 102. The molecule has 1 unspecified atom stereocenters. The van der Waals surface area contributed by atoms with Crippen LogP contribution in [-0.4, -0.2) is 59.9 Å². The average Bonchev–Trinajstić information content (AvgIpc) is 2.44. The van der Waals surface area contributed by atoms with Crippen molar-refractivity contribution in [3.63, 3.8) is 0 Å². The highest BCUT2D eigenvalue weighted by molar-refractivity contribution is 6.93. The molecule has 0 N–H and O–H groups in total. The molecule has 1 atom stereocenters. The maximum absolute atomic E-state index is 8.26. The molecule has 7 nitrogen and oxygen atoms in total. The van der Waals surface area contributed by atoms with Gasteiger partial charge in [0.05, 0.1) is 0 Å². The predicted molar refractivity (Wildman–Crippen MR) is 130 cm³/mol. The van der Waals surface area contributed by atoms with Gasteiger partial charge in [-0.25, -0.2) is 0 Å². The summed E-state index contributed by atoms with van der Waals surface area (Å²) in [5.74, 6) is 0. The molecule has 1 saturated heterocycles. The zero-order valence-electron chi connectivity index (χ0n) is 26.1. The highest BCUT2D eigenvalue weighted by Gasteiger charge is 2.51. The zero-order valence-corrected chi connectivity index (χ0v) is 26.1. The van der Waals surface area contributed by atoms with Crippen LogP contribution in [0.4, 0.5) is 0 Å². The smallest absolute Gasteiger partial charge is 0.314 e. The third-order valence-corrected chi connectivity index (χ3v) is 28.6. The Hall–Kier alpha value is 1.24. The number of hydrogen-bond acceptors (Lipinski definition) is 7. The molecule has 0 bridgehead atoms. The van der Waals surface area contributed by atoms with Gasteiger partial charge in [0.2, 0.25) is 0 Å². The molecule has 0 saturated carbocycles. The lowest BCUT2D eigenvalue weighted by molar-refractivity contribution is 0.240. The second kappa shape index (κ2) is 8.30. The lowest BCUT2D eigenvalue weighted by atomic mass is 11.9. The predicted octanol–water partition coefficient (Wildman–Crippen LogP) is 5.03. The second-order valence-electron chi connectivity index (χ2n) is 9.46. The SMILES string of the molecule is [2H]C[Si]1(C)O[Si](C)(C)O[Si](C)(C)O[Si](C)(C)O[Si](C)(C)O[Si](C)(C)O[Si](C([2H])([2H])[2H])(C([2H])([2H])[2H])O1. The average molecular weight is 526 g/mol. The maximum atomic E-state index is 8.26. The van der Waals surface area contributed by atoms with Crippen molar-refractivity contribution in [3.05, 3.63) is 0 Å². The van der Waals surface area contributed by atoms with Gasteiger partial charge < -0.3 is 28.8 Å². The highest BCUT2D eigenvalue weighted by atomic mass is 28.5. The van der Waals surface area contributed by atoms with Gasteiger partial charge in [-0.1, -0.05) is 0 Å². The summed E-state index contributed by atoms with van der Waals surface area (Å²) in [6.45, 7) is 12.6. The van der Waals surface area contributed by atoms with E-state index in [9.17, 15) is 0 Å². The molecule has 0 aliphatic carbocycles. The minimum Gasteiger partial charge on any atom is -0.416 e. The summed E-state index contributed by atoms with van der Waals surface area (Å²) in [5, 5.41) is 0. The molecule has 0 aromatic heterocycles. The van der Waals surface area contributed by atoms with E-state index in [2.05, 4.69) is 0 Å². The number of rotatable bonds is 0. The van der Waals surface area contributed by atoms with Crippen LogP contribution in [0.3, 0.4) is 0 Å². The summed E-state index contributed by atoms with van der Waals surface area (Å²) in [4.78, 5) is 0. The fourth-order valence-electron chi connectivity index (χ4n) is 3.68. The van der Waals surface area contributed by atoms with E-state index in [0.717, 1.165) is 0 Å². The molecule has 0 amide bonds. The van der Waals surface area contributed by atoms with Gasteiger partial charge >= 0.3 is 59.9 Å².